The second-order valence-corrected chi connectivity index (χ2v) is 4.55. The normalized spacial score (nSPS) is 26.2. The van der Waals surface area contributed by atoms with Crippen LogP contribution in [-0.2, 0) is 0 Å². The van der Waals surface area contributed by atoms with Gasteiger partial charge in [-0.25, -0.2) is 0 Å². The zero-order valence-corrected chi connectivity index (χ0v) is 9.15. The van der Waals surface area contributed by atoms with Gasteiger partial charge in [-0.15, -0.1) is 0 Å². The number of pyridine rings is 1. The quantitative estimate of drug-likeness (QED) is 0.691. The molecule has 1 aliphatic rings. The molecule has 0 aromatic carbocycles. The van der Waals surface area contributed by atoms with Gasteiger partial charge in [0.1, 0.15) is 5.69 Å². The summed E-state index contributed by atoms with van der Waals surface area (Å²) in [7, 11) is 0. The molecule has 2 unspecified atom stereocenters. The van der Waals surface area contributed by atoms with E-state index in [0.29, 0.717) is 11.6 Å². The van der Waals surface area contributed by atoms with E-state index in [4.69, 9.17) is 0 Å². The van der Waals surface area contributed by atoms with Crippen LogP contribution in [0.1, 0.15) is 43.1 Å². The summed E-state index contributed by atoms with van der Waals surface area (Å²) in [6.07, 6.45) is 6.23. The molecule has 1 aromatic rings. The maximum absolute atomic E-state index is 12.1. The first-order valence-corrected chi connectivity index (χ1v) is 5.72. The summed E-state index contributed by atoms with van der Waals surface area (Å²) in [6, 6.07) is 5.55. The molecule has 1 aromatic heterocycles. The predicted molar refractivity (Wildman–Crippen MR) is 59.7 cm³/mol. The first kappa shape index (κ1) is 10.3. The number of hydrogen-bond acceptors (Lipinski definition) is 2. The molecule has 1 aliphatic carbocycles. The average Bonchev–Trinajstić information content (AvgIpc) is 2.29. The van der Waals surface area contributed by atoms with E-state index in [1.54, 1.807) is 6.20 Å². The van der Waals surface area contributed by atoms with Gasteiger partial charge in [-0.3, -0.25) is 9.78 Å². The van der Waals surface area contributed by atoms with Crippen LogP contribution in [0.15, 0.2) is 24.4 Å². The third-order valence-electron chi connectivity index (χ3n) is 3.22. The first-order valence-electron chi connectivity index (χ1n) is 5.72. The molecule has 1 saturated carbocycles. The van der Waals surface area contributed by atoms with Crippen molar-refractivity contribution < 1.29 is 4.79 Å². The number of rotatable bonds is 2. The van der Waals surface area contributed by atoms with E-state index in [2.05, 4.69) is 11.9 Å². The molecular formula is C13H17NO. The molecule has 2 rings (SSSR count). The molecule has 1 heterocycles. The highest BCUT2D eigenvalue weighted by Gasteiger charge is 2.26. The molecule has 2 nitrogen and oxygen atoms in total. The number of carbonyl (C=O) groups is 1. The molecule has 0 spiro atoms. The highest BCUT2D eigenvalue weighted by molar-refractivity contribution is 5.96. The van der Waals surface area contributed by atoms with Crippen LogP contribution in [0.4, 0.5) is 0 Å². The van der Waals surface area contributed by atoms with Crippen LogP contribution in [0.2, 0.25) is 0 Å². The summed E-state index contributed by atoms with van der Waals surface area (Å²) in [6.45, 7) is 2.23. The number of aromatic nitrogens is 1. The van der Waals surface area contributed by atoms with E-state index in [-0.39, 0.29) is 11.7 Å². The number of hydrogen-bond donors (Lipinski definition) is 0. The minimum atomic E-state index is 0.212. The lowest BCUT2D eigenvalue weighted by Gasteiger charge is -2.25. The van der Waals surface area contributed by atoms with E-state index >= 15 is 0 Å². The van der Waals surface area contributed by atoms with Crippen LogP contribution >= 0.6 is 0 Å². The van der Waals surface area contributed by atoms with Gasteiger partial charge in [-0.05, 0) is 30.9 Å². The Labute approximate surface area is 90.7 Å². The molecule has 0 N–H and O–H groups in total. The lowest BCUT2D eigenvalue weighted by molar-refractivity contribution is 0.0863. The number of carbonyl (C=O) groups excluding carboxylic acids is 1. The molecule has 0 saturated heterocycles. The number of Topliss-reactive ketones (excluding diaryl/α,β-unsaturated/α-hetero) is 1. The van der Waals surface area contributed by atoms with Crippen molar-refractivity contribution in [3.8, 4) is 0 Å². The molecule has 2 heteroatoms. The highest BCUT2D eigenvalue weighted by atomic mass is 16.1. The van der Waals surface area contributed by atoms with E-state index in [9.17, 15) is 4.79 Å². The van der Waals surface area contributed by atoms with Crippen LogP contribution < -0.4 is 0 Å². The standard InChI is InChI=1S/C13H17NO/c1-10-5-4-6-11(9-10)13(15)12-7-2-3-8-14-12/h2-3,7-8,10-11H,4-6,9H2,1H3. The SMILES string of the molecule is CC1CCCC(C(=O)c2ccccn2)C1. The monoisotopic (exact) mass is 203 g/mol. The second kappa shape index (κ2) is 4.56. The van der Waals surface area contributed by atoms with Crippen molar-refractivity contribution in [2.45, 2.75) is 32.6 Å². The van der Waals surface area contributed by atoms with Gasteiger partial charge < -0.3 is 0 Å². The molecule has 2 atom stereocenters. The van der Waals surface area contributed by atoms with Gasteiger partial charge in [0.25, 0.3) is 0 Å². The number of ketones is 1. The predicted octanol–water partition coefficient (Wildman–Crippen LogP) is 3.09. The maximum atomic E-state index is 12.1. The Balaban J connectivity index is 2.08. The Morgan fingerprint density at radius 1 is 1.40 bits per heavy atom. The first-order chi connectivity index (χ1) is 7.27. The minimum Gasteiger partial charge on any atom is -0.292 e. The van der Waals surface area contributed by atoms with Crippen LogP contribution in [0.5, 0.6) is 0 Å². The van der Waals surface area contributed by atoms with Crippen molar-refractivity contribution in [1.29, 1.82) is 0 Å². The van der Waals surface area contributed by atoms with Crippen LogP contribution in [0.3, 0.4) is 0 Å². The molecule has 0 radical (unpaired) electrons. The van der Waals surface area contributed by atoms with Crippen molar-refractivity contribution in [2.24, 2.45) is 11.8 Å². The van der Waals surface area contributed by atoms with Gasteiger partial charge in [0.15, 0.2) is 5.78 Å². The molecule has 1 fully saturated rings. The average molecular weight is 203 g/mol. The van der Waals surface area contributed by atoms with Crippen molar-refractivity contribution in [1.82, 2.24) is 4.98 Å². The largest absolute Gasteiger partial charge is 0.292 e. The van der Waals surface area contributed by atoms with Gasteiger partial charge in [-0.2, -0.15) is 0 Å². The molecule has 0 aliphatic heterocycles. The van der Waals surface area contributed by atoms with Crippen LogP contribution in [0, 0.1) is 11.8 Å². The fourth-order valence-electron chi connectivity index (χ4n) is 2.39. The Morgan fingerprint density at radius 2 is 2.27 bits per heavy atom. The Hall–Kier alpha value is -1.18. The van der Waals surface area contributed by atoms with E-state index in [1.165, 1.54) is 12.8 Å². The van der Waals surface area contributed by atoms with Crippen molar-refractivity contribution in [3.05, 3.63) is 30.1 Å². The maximum Gasteiger partial charge on any atom is 0.184 e. The fourth-order valence-corrected chi connectivity index (χ4v) is 2.39. The van der Waals surface area contributed by atoms with Gasteiger partial charge >= 0.3 is 0 Å². The lowest BCUT2D eigenvalue weighted by Crippen LogP contribution is -2.22. The zero-order valence-electron chi connectivity index (χ0n) is 9.15. The van der Waals surface area contributed by atoms with Gasteiger partial charge in [-0.1, -0.05) is 25.8 Å². The van der Waals surface area contributed by atoms with E-state index in [0.717, 1.165) is 12.8 Å². The van der Waals surface area contributed by atoms with Gasteiger partial charge in [0.2, 0.25) is 0 Å². The van der Waals surface area contributed by atoms with Crippen molar-refractivity contribution in [3.63, 3.8) is 0 Å². The second-order valence-electron chi connectivity index (χ2n) is 4.55. The third kappa shape index (κ3) is 2.44. The summed E-state index contributed by atoms with van der Waals surface area (Å²) in [5.74, 6) is 1.14. The molecule has 0 amide bonds. The highest BCUT2D eigenvalue weighted by Crippen LogP contribution is 2.30. The smallest absolute Gasteiger partial charge is 0.184 e. The molecule has 15 heavy (non-hydrogen) atoms. The van der Waals surface area contributed by atoms with Crippen LogP contribution in [0.25, 0.3) is 0 Å². The fraction of sp³-hybridized carbons (Fsp3) is 0.538. The Morgan fingerprint density at radius 3 is 2.93 bits per heavy atom. The molecule has 0 bridgehead atoms. The Bertz CT molecular complexity index is 334. The van der Waals surface area contributed by atoms with Crippen molar-refractivity contribution in [2.75, 3.05) is 0 Å². The number of nitrogens with zero attached hydrogens (tertiary/aromatic N) is 1. The summed E-state index contributed by atoms with van der Waals surface area (Å²) in [5, 5.41) is 0. The summed E-state index contributed by atoms with van der Waals surface area (Å²) < 4.78 is 0. The topological polar surface area (TPSA) is 30.0 Å². The van der Waals surface area contributed by atoms with Gasteiger partial charge in [0.05, 0.1) is 0 Å². The van der Waals surface area contributed by atoms with E-state index in [1.807, 2.05) is 18.2 Å². The van der Waals surface area contributed by atoms with Crippen molar-refractivity contribution >= 4 is 5.78 Å². The summed E-state index contributed by atoms with van der Waals surface area (Å²) in [5.41, 5.74) is 0.636. The Kier molecular flexibility index (Phi) is 3.14. The third-order valence-corrected chi connectivity index (χ3v) is 3.22. The molecular weight excluding hydrogens is 186 g/mol. The summed E-state index contributed by atoms with van der Waals surface area (Å²) in [4.78, 5) is 16.2. The van der Waals surface area contributed by atoms with E-state index < -0.39 is 0 Å². The zero-order chi connectivity index (χ0) is 10.7. The molecule has 80 valence electrons. The summed E-state index contributed by atoms with van der Waals surface area (Å²) >= 11 is 0. The van der Waals surface area contributed by atoms with Gasteiger partial charge in [0, 0.05) is 12.1 Å². The minimum absolute atomic E-state index is 0.212. The van der Waals surface area contributed by atoms with Crippen LogP contribution in [-0.4, -0.2) is 10.8 Å². The lowest BCUT2D eigenvalue weighted by atomic mass is 9.79.